The van der Waals surface area contributed by atoms with E-state index in [-0.39, 0.29) is 11.7 Å². The second-order valence-electron chi connectivity index (χ2n) is 9.36. The molecule has 0 aliphatic rings. The first-order chi connectivity index (χ1) is 15.6. The van der Waals surface area contributed by atoms with Crippen LogP contribution >= 0.6 is 0 Å². The first kappa shape index (κ1) is 27.1. The van der Waals surface area contributed by atoms with Crippen LogP contribution in [-0.4, -0.2) is 40.1 Å². The van der Waals surface area contributed by atoms with E-state index >= 15 is 0 Å². The van der Waals surface area contributed by atoms with Gasteiger partial charge in [-0.2, -0.15) is 0 Å². The van der Waals surface area contributed by atoms with Crippen LogP contribution < -0.4 is 9.47 Å². The highest BCUT2D eigenvalue weighted by Gasteiger charge is 2.21. The topological polar surface area (TPSA) is 55.4 Å². The van der Waals surface area contributed by atoms with Gasteiger partial charge in [-0.15, -0.1) is 0 Å². The number of benzene rings is 2. The van der Waals surface area contributed by atoms with E-state index in [4.69, 9.17) is 28.4 Å². The minimum Gasteiger partial charge on any atom is -0.490 e. The molecule has 0 aromatic heterocycles. The maximum atomic E-state index is 6.33. The molecule has 0 heterocycles. The monoisotopic (exact) mass is 460 g/mol. The molecule has 2 rings (SSSR count). The van der Waals surface area contributed by atoms with Crippen molar-refractivity contribution >= 4 is 0 Å². The second kappa shape index (κ2) is 12.4. The molecule has 6 nitrogen and oxygen atoms in total. The average Bonchev–Trinajstić information content (AvgIpc) is 2.71. The van der Waals surface area contributed by atoms with Crippen molar-refractivity contribution in [2.75, 3.05) is 28.4 Å². The van der Waals surface area contributed by atoms with Crippen LogP contribution in [0.2, 0.25) is 0 Å². The highest BCUT2D eigenvalue weighted by atomic mass is 16.5. The van der Waals surface area contributed by atoms with Crippen molar-refractivity contribution in [3.63, 3.8) is 0 Å². The normalized spacial score (nSPS) is 11.8. The maximum Gasteiger partial charge on any atom is 0.131 e. The summed E-state index contributed by atoms with van der Waals surface area (Å²) in [5, 5.41) is 0. The van der Waals surface area contributed by atoms with E-state index in [1.165, 1.54) is 0 Å². The number of hydrogen-bond acceptors (Lipinski definition) is 6. The van der Waals surface area contributed by atoms with E-state index in [1.807, 2.05) is 34.6 Å². The number of ether oxygens (including phenoxy) is 6. The summed E-state index contributed by atoms with van der Waals surface area (Å²) in [5.74, 6) is 1.63. The predicted octanol–water partition coefficient (Wildman–Crippen LogP) is 5.90. The largest absolute Gasteiger partial charge is 0.490 e. The molecule has 0 spiro atoms. The van der Waals surface area contributed by atoms with Gasteiger partial charge in [0.2, 0.25) is 0 Å². The maximum absolute atomic E-state index is 6.33. The Morgan fingerprint density at radius 3 is 1.21 bits per heavy atom. The molecule has 2 aromatic rings. The van der Waals surface area contributed by atoms with Crippen molar-refractivity contribution in [3.05, 3.63) is 46.5 Å². The SMILES string of the molecule is COCc1cc(-c2cc(COC)c(OC(C)(C)C)c(COC)c2)cc(COC)c1OC(C)C. The van der Waals surface area contributed by atoms with E-state index in [0.717, 1.165) is 44.9 Å². The minimum absolute atomic E-state index is 0.0394. The molecular formula is C27H40O6. The minimum atomic E-state index is -0.348. The van der Waals surface area contributed by atoms with Crippen LogP contribution in [-0.2, 0) is 45.4 Å². The second-order valence-corrected chi connectivity index (χ2v) is 9.36. The van der Waals surface area contributed by atoms with E-state index in [1.54, 1.807) is 28.4 Å². The molecular weight excluding hydrogens is 420 g/mol. The van der Waals surface area contributed by atoms with E-state index in [9.17, 15) is 0 Å². The summed E-state index contributed by atoms with van der Waals surface area (Å²) in [6.45, 7) is 11.9. The van der Waals surface area contributed by atoms with Gasteiger partial charge in [-0.05, 0) is 70.0 Å². The zero-order valence-electron chi connectivity index (χ0n) is 21.7. The molecule has 0 N–H and O–H groups in total. The van der Waals surface area contributed by atoms with Gasteiger partial charge < -0.3 is 28.4 Å². The summed E-state index contributed by atoms with van der Waals surface area (Å²) in [7, 11) is 6.76. The standard InChI is InChI=1S/C27H40O6/c1-18(2)32-25-21(14-28-6)10-19(11-22(25)15-29-7)20-12-23(16-30-8)26(33-27(3,4)5)24(13-20)17-31-9/h10-13,18H,14-17H2,1-9H3. The molecule has 0 amide bonds. The third-order valence-electron chi connectivity index (χ3n) is 4.78. The molecule has 6 heteroatoms. The van der Waals surface area contributed by atoms with Gasteiger partial charge in [0.1, 0.15) is 17.1 Å². The molecule has 0 fully saturated rings. The summed E-state index contributed by atoms with van der Waals surface area (Å²) in [5.41, 5.74) is 5.64. The van der Waals surface area contributed by atoms with E-state index in [2.05, 4.69) is 24.3 Å². The average molecular weight is 461 g/mol. The Balaban J connectivity index is 2.73. The first-order valence-electron chi connectivity index (χ1n) is 11.3. The zero-order chi connectivity index (χ0) is 24.6. The fourth-order valence-electron chi connectivity index (χ4n) is 3.72. The summed E-state index contributed by atoms with van der Waals surface area (Å²) >= 11 is 0. The molecule has 2 aromatic carbocycles. The van der Waals surface area contributed by atoms with Gasteiger partial charge in [0, 0.05) is 50.7 Å². The Morgan fingerprint density at radius 1 is 0.606 bits per heavy atom. The molecule has 0 aliphatic heterocycles. The fourth-order valence-corrected chi connectivity index (χ4v) is 3.72. The van der Waals surface area contributed by atoms with Crippen LogP contribution in [0.15, 0.2) is 24.3 Å². The molecule has 184 valence electrons. The summed E-state index contributed by atoms with van der Waals surface area (Å²) in [6.07, 6.45) is 0.0394. The first-order valence-corrected chi connectivity index (χ1v) is 11.3. The predicted molar refractivity (Wildman–Crippen MR) is 131 cm³/mol. The smallest absolute Gasteiger partial charge is 0.131 e. The lowest BCUT2D eigenvalue weighted by molar-refractivity contribution is 0.113. The lowest BCUT2D eigenvalue weighted by Gasteiger charge is -2.26. The van der Waals surface area contributed by atoms with Gasteiger partial charge in [0.05, 0.1) is 32.5 Å². The van der Waals surface area contributed by atoms with Crippen LogP contribution in [0.1, 0.15) is 56.9 Å². The van der Waals surface area contributed by atoms with Crippen molar-refractivity contribution in [3.8, 4) is 22.6 Å². The molecule has 0 unspecified atom stereocenters. The number of methoxy groups -OCH3 is 4. The molecule has 0 radical (unpaired) electrons. The summed E-state index contributed by atoms with van der Waals surface area (Å²) in [6, 6.07) is 8.48. The van der Waals surface area contributed by atoms with E-state index < -0.39 is 0 Å². The molecule has 0 bridgehead atoms. The fraction of sp³-hybridized carbons (Fsp3) is 0.556. The van der Waals surface area contributed by atoms with Gasteiger partial charge in [0.25, 0.3) is 0 Å². The Kier molecular flexibility index (Phi) is 10.2. The van der Waals surface area contributed by atoms with Gasteiger partial charge in [-0.3, -0.25) is 0 Å². The molecule has 0 saturated heterocycles. The van der Waals surface area contributed by atoms with Crippen LogP contribution in [0.25, 0.3) is 11.1 Å². The zero-order valence-corrected chi connectivity index (χ0v) is 21.7. The van der Waals surface area contributed by atoms with Gasteiger partial charge in [-0.1, -0.05) is 0 Å². The quantitative estimate of drug-likeness (QED) is 0.393. The highest BCUT2D eigenvalue weighted by molar-refractivity contribution is 5.71. The Bertz CT molecular complexity index is 844. The summed E-state index contributed by atoms with van der Waals surface area (Å²) in [4.78, 5) is 0. The van der Waals surface area contributed by atoms with Crippen LogP contribution in [0, 0.1) is 0 Å². The van der Waals surface area contributed by atoms with Crippen LogP contribution in [0.3, 0.4) is 0 Å². The van der Waals surface area contributed by atoms with Gasteiger partial charge >= 0.3 is 0 Å². The molecule has 0 atom stereocenters. The molecule has 0 aliphatic carbocycles. The van der Waals surface area contributed by atoms with Crippen molar-refractivity contribution in [2.45, 2.75) is 72.8 Å². The van der Waals surface area contributed by atoms with Gasteiger partial charge in [-0.25, -0.2) is 0 Å². The lowest BCUT2D eigenvalue weighted by Crippen LogP contribution is -2.24. The van der Waals surface area contributed by atoms with Crippen LogP contribution in [0.4, 0.5) is 0 Å². The van der Waals surface area contributed by atoms with Crippen molar-refractivity contribution in [1.29, 1.82) is 0 Å². The van der Waals surface area contributed by atoms with Crippen molar-refractivity contribution in [2.24, 2.45) is 0 Å². The van der Waals surface area contributed by atoms with Gasteiger partial charge in [0.15, 0.2) is 0 Å². The third-order valence-corrected chi connectivity index (χ3v) is 4.78. The molecule has 0 saturated carbocycles. The van der Waals surface area contributed by atoms with E-state index in [0.29, 0.717) is 26.4 Å². The lowest BCUT2D eigenvalue weighted by atomic mass is 9.95. The number of hydrogen-bond donors (Lipinski definition) is 0. The Morgan fingerprint density at radius 2 is 0.939 bits per heavy atom. The highest BCUT2D eigenvalue weighted by Crippen LogP contribution is 2.38. The number of rotatable bonds is 12. The Hall–Kier alpha value is -2.12. The van der Waals surface area contributed by atoms with Crippen molar-refractivity contribution < 1.29 is 28.4 Å². The molecule has 33 heavy (non-hydrogen) atoms. The van der Waals surface area contributed by atoms with Crippen molar-refractivity contribution in [1.82, 2.24) is 0 Å². The Labute approximate surface area is 199 Å². The third kappa shape index (κ3) is 7.71. The van der Waals surface area contributed by atoms with Crippen LogP contribution in [0.5, 0.6) is 11.5 Å². The summed E-state index contributed by atoms with van der Waals surface area (Å²) < 4.78 is 34.5.